The average molecular weight is 302 g/mol. The lowest BCUT2D eigenvalue weighted by atomic mass is 10.2. The Morgan fingerprint density at radius 3 is 2.40 bits per heavy atom. The third kappa shape index (κ3) is 2.84. The Morgan fingerprint density at radius 2 is 1.95 bits per heavy atom. The molecule has 1 aliphatic heterocycles. The predicted molar refractivity (Wildman–Crippen MR) is 70.6 cm³/mol. The van der Waals surface area contributed by atoms with E-state index in [-0.39, 0.29) is 18.0 Å². The number of aliphatic carboxylic acids is 1. The molecule has 1 aromatic rings. The van der Waals surface area contributed by atoms with Crippen molar-refractivity contribution in [1.29, 1.82) is 0 Å². The zero-order valence-corrected chi connectivity index (χ0v) is 12.2. The minimum atomic E-state index is -3.53. The van der Waals surface area contributed by atoms with Gasteiger partial charge in [0.1, 0.15) is 10.9 Å². The first-order chi connectivity index (χ1) is 9.32. The van der Waals surface area contributed by atoms with Gasteiger partial charge in [0.2, 0.25) is 10.0 Å². The maximum atomic E-state index is 12.3. The van der Waals surface area contributed by atoms with Crippen LogP contribution in [0.15, 0.2) is 17.3 Å². The molecule has 0 amide bonds. The van der Waals surface area contributed by atoms with Crippen molar-refractivity contribution in [3.05, 3.63) is 12.4 Å². The molecule has 9 heteroatoms. The first-order valence-corrected chi connectivity index (χ1v) is 7.72. The highest BCUT2D eigenvalue weighted by molar-refractivity contribution is 7.89. The highest BCUT2D eigenvalue weighted by Gasteiger charge is 2.32. The van der Waals surface area contributed by atoms with Crippen LogP contribution < -0.4 is 0 Å². The number of carboxylic acids is 1. The predicted octanol–water partition coefficient (Wildman–Crippen LogP) is -0.800. The number of piperazine rings is 1. The average Bonchev–Trinajstić information content (AvgIpc) is 2.85. The molecule has 2 rings (SSSR count). The van der Waals surface area contributed by atoms with E-state index in [0.29, 0.717) is 13.1 Å². The van der Waals surface area contributed by atoms with Crippen LogP contribution in [0.3, 0.4) is 0 Å². The fourth-order valence-corrected chi connectivity index (χ4v) is 3.58. The van der Waals surface area contributed by atoms with Crippen LogP contribution in [0.1, 0.15) is 6.92 Å². The summed E-state index contributed by atoms with van der Waals surface area (Å²) >= 11 is 0. The maximum Gasteiger partial charge on any atom is 0.320 e. The van der Waals surface area contributed by atoms with Crippen molar-refractivity contribution < 1.29 is 18.3 Å². The molecule has 8 nitrogen and oxygen atoms in total. The van der Waals surface area contributed by atoms with Gasteiger partial charge in [0, 0.05) is 39.4 Å². The Labute approximate surface area is 117 Å². The minimum absolute atomic E-state index is 0.166. The van der Waals surface area contributed by atoms with Crippen LogP contribution in [0.2, 0.25) is 0 Å². The highest BCUT2D eigenvalue weighted by Crippen LogP contribution is 2.17. The summed E-state index contributed by atoms with van der Waals surface area (Å²) in [5, 5.41) is 12.8. The number of nitrogens with zero attached hydrogens (tertiary/aromatic N) is 4. The Kier molecular flexibility index (Phi) is 4.11. The van der Waals surface area contributed by atoms with Crippen molar-refractivity contribution in [2.45, 2.75) is 17.9 Å². The van der Waals surface area contributed by atoms with Gasteiger partial charge in [0.25, 0.3) is 0 Å². The van der Waals surface area contributed by atoms with E-state index in [2.05, 4.69) is 5.10 Å². The number of sulfonamides is 1. The van der Waals surface area contributed by atoms with E-state index in [4.69, 9.17) is 5.11 Å². The molecule has 1 saturated heterocycles. The van der Waals surface area contributed by atoms with E-state index in [9.17, 15) is 13.2 Å². The summed E-state index contributed by atoms with van der Waals surface area (Å²) in [7, 11) is -1.88. The number of carbonyl (C=O) groups is 1. The highest BCUT2D eigenvalue weighted by atomic mass is 32.2. The number of aryl methyl sites for hydroxylation is 1. The number of carboxylic acid groups (broad SMARTS) is 1. The maximum absolute atomic E-state index is 12.3. The molecule has 1 N–H and O–H groups in total. The zero-order valence-electron chi connectivity index (χ0n) is 11.4. The quantitative estimate of drug-likeness (QED) is 0.782. The SMILES string of the molecule is CC(C(=O)O)N1CCN(S(=O)(=O)c2cnn(C)c2)CC1. The summed E-state index contributed by atoms with van der Waals surface area (Å²) in [4.78, 5) is 12.8. The summed E-state index contributed by atoms with van der Waals surface area (Å²) in [6.07, 6.45) is 2.78. The van der Waals surface area contributed by atoms with Crippen LogP contribution in [0.4, 0.5) is 0 Å². The van der Waals surface area contributed by atoms with E-state index in [1.165, 1.54) is 21.4 Å². The summed E-state index contributed by atoms with van der Waals surface area (Å²) < 4.78 is 27.5. The first-order valence-electron chi connectivity index (χ1n) is 6.28. The van der Waals surface area contributed by atoms with E-state index >= 15 is 0 Å². The molecule has 0 bridgehead atoms. The molecule has 1 aromatic heterocycles. The monoisotopic (exact) mass is 302 g/mol. The normalized spacial score (nSPS) is 19.9. The molecule has 1 fully saturated rings. The lowest BCUT2D eigenvalue weighted by Gasteiger charge is -2.35. The molecular formula is C11H18N4O4S. The van der Waals surface area contributed by atoms with Crippen molar-refractivity contribution in [1.82, 2.24) is 19.0 Å². The Morgan fingerprint density at radius 1 is 1.35 bits per heavy atom. The van der Waals surface area contributed by atoms with Crippen molar-refractivity contribution in [3.63, 3.8) is 0 Å². The minimum Gasteiger partial charge on any atom is -0.480 e. The van der Waals surface area contributed by atoms with Crippen LogP contribution in [-0.4, -0.2) is 70.7 Å². The summed E-state index contributed by atoms with van der Waals surface area (Å²) in [5.41, 5.74) is 0. The Hall–Kier alpha value is -1.45. The van der Waals surface area contributed by atoms with Crippen LogP contribution in [0, 0.1) is 0 Å². The van der Waals surface area contributed by atoms with Crippen LogP contribution in [-0.2, 0) is 21.9 Å². The fraction of sp³-hybridized carbons (Fsp3) is 0.636. The third-order valence-corrected chi connectivity index (χ3v) is 5.35. The van der Waals surface area contributed by atoms with Crippen molar-refractivity contribution in [3.8, 4) is 0 Å². The molecule has 0 spiro atoms. The van der Waals surface area contributed by atoms with Gasteiger partial charge < -0.3 is 5.11 Å². The van der Waals surface area contributed by atoms with Crippen LogP contribution >= 0.6 is 0 Å². The molecule has 2 heterocycles. The van der Waals surface area contributed by atoms with E-state index < -0.39 is 22.0 Å². The second-order valence-electron chi connectivity index (χ2n) is 4.80. The molecule has 1 atom stereocenters. The van der Waals surface area contributed by atoms with Gasteiger partial charge >= 0.3 is 5.97 Å². The van der Waals surface area contributed by atoms with Gasteiger partial charge in [-0.1, -0.05) is 0 Å². The van der Waals surface area contributed by atoms with E-state index in [1.54, 1.807) is 18.9 Å². The van der Waals surface area contributed by atoms with Gasteiger partial charge in [-0.3, -0.25) is 14.4 Å². The largest absolute Gasteiger partial charge is 0.480 e. The van der Waals surface area contributed by atoms with Gasteiger partial charge in [-0.25, -0.2) is 8.42 Å². The smallest absolute Gasteiger partial charge is 0.320 e. The second-order valence-corrected chi connectivity index (χ2v) is 6.74. The lowest BCUT2D eigenvalue weighted by molar-refractivity contribution is -0.143. The van der Waals surface area contributed by atoms with Crippen molar-refractivity contribution >= 4 is 16.0 Å². The number of hydrogen-bond donors (Lipinski definition) is 1. The lowest BCUT2D eigenvalue weighted by Crippen LogP contribution is -2.52. The standard InChI is InChI=1S/C11H18N4O4S/c1-9(11(16)17)14-3-5-15(6-4-14)20(18,19)10-7-12-13(2)8-10/h7-9H,3-6H2,1-2H3,(H,16,17). The summed E-state index contributed by atoms with van der Waals surface area (Å²) in [6, 6.07) is -0.599. The van der Waals surface area contributed by atoms with E-state index in [0.717, 1.165) is 0 Å². The molecule has 0 saturated carbocycles. The number of hydrogen-bond acceptors (Lipinski definition) is 5. The third-order valence-electron chi connectivity index (χ3n) is 3.50. The van der Waals surface area contributed by atoms with Crippen LogP contribution in [0.25, 0.3) is 0 Å². The topological polar surface area (TPSA) is 95.7 Å². The van der Waals surface area contributed by atoms with Gasteiger partial charge in [-0.15, -0.1) is 0 Å². The zero-order chi connectivity index (χ0) is 14.9. The molecule has 1 unspecified atom stereocenters. The Balaban J connectivity index is 2.05. The van der Waals surface area contributed by atoms with Gasteiger partial charge in [0.15, 0.2) is 0 Å². The molecule has 20 heavy (non-hydrogen) atoms. The van der Waals surface area contributed by atoms with Gasteiger partial charge in [0.05, 0.1) is 6.20 Å². The Bertz CT molecular complexity index is 589. The van der Waals surface area contributed by atoms with Crippen molar-refractivity contribution in [2.24, 2.45) is 7.05 Å². The number of aromatic nitrogens is 2. The molecule has 0 radical (unpaired) electrons. The molecular weight excluding hydrogens is 284 g/mol. The molecule has 112 valence electrons. The van der Waals surface area contributed by atoms with Gasteiger partial charge in [-0.2, -0.15) is 9.40 Å². The summed E-state index contributed by atoms with van der Waals surface area (Å²) in [6.45, 7) is 3.00. The fourth-order valence-electron chi connectivity index (χ4n) is 2.17. The second kappa shape index (κ2) is 5.51. The summed E-state index contributed by atoms with van der Waals surface area (Å²) in [5.74, 6) is -0.895. The number of rotatable bonds is 4. The van der Waals surface area contributed by atoms with E-state index in [1.807, 2.05) is 0 Å². The first kappa shape index (κ1) is 14.9. The van der Waals surface area contributed by atoms with Crippen LogP contribution in [0.5, 0.6) is 0 Å². The molecule has 1 aliphatic rings. The van der Waals surface area contributed by atoms with Crippen molar-refractivity contribution in [2.75, 3.05) is 26.2 Å². The molecule has 0 aliphatic carbocycles. The van der Waals surface area contributed by atoms with Gasteiger partial charge in [-0.05, 0) is 6.92 Å². The molecule has 0 aromatic carbocycles.